The Bertz CT molecular complexity index is 815. The van der Waals surface area contributed by atoms with E-state index in [0.717, 1.165) is 25.2 Å². The number of hydrogen-bond acceptors (Lipinski definition) is 4. The Morgan fingerprint density at radius 3 is 2.19 bits per heavy atom. The molecule has 0 atom stereocenters. The molecule has 0 bridgehead atoms. The summed E-state index contributed by atoms with van der Waals surface area (Å²) in [6.07, 6.45) is 0. The summed E-state index contributed by atoms with van der Waals surface area (Å²) in [5.74, 6) is -2.84. The second-order valence-electron chi connectivity index (χ2n) is 6.05. The molecule has 0 saturated carbocycles. The summed E-state index contributed by atoms with van der Waals surface area (Å²) in [4.78, 5) is 32.7. The van der Waals surface area contributed by atoms with Crippen molar-refractivity contribution in [3.8, 4) is 0 Å². The first-order chi connectivity index (χ1) is 12.5. The number of likely N-dealkylation sites (N-methyl/N-ethyl adjacent to an activating group) is 1. The maximum absolute atomic E-state index is 13.7. The Hall–Kier alpha value is -2.87. The number of aromatic nitrogens is 1. The molecule has 1 aromatic carbocycles. The van der Waals surface area contributed by atoms with Crippen molar-refractivity contribution in [2.75, 3.05) is 38.5 Å². The number of amides is 2. The maximum Gasteiger partial charge on any atom is 0.274 e. The average molecular weight is 360 g/mol. The van der Waals surface area contributed by atoms with Crippen molar-refractivity contribution < 1.29 is 18.4 Å². The number of halogens is 2. The molecule has 6 nitrogen and oxygen atoms in total. The molecule has 0 spiro atoms. The van der Waals surface area contributed by atoms with Crippen LogP contribution in [0.25, 0.3) is 0 Å². The van der Waals surface area contributed by atoms with Crippen LogP contribution in [-0.4, -0.2) is 59.8 Å². The molecule has 1 saturated heterocycles. The summed E-state index contributed by atoms with van der Waals surface area (Å²) in [5, 5.41) is 2.16. The topological polar surface area (TPSA) is 65.5 Å². The van der Waals surface area contributed by atoms with Gasteiger partial charge in [0.25, 0.3) is 11.8 Å². The fraction of sp³-hybridized carbons (Fsp3) is 0.278. The van der Waals surface area contributed by atoms with Crippen LogP contribution in [0.5, 0.6) is 0 Å². The van der Waals surface area contributed by atoms with E-state index >= 15 is 0 Å². The van der Waals surface area contributed by atoms with Gasteiger partial charge in [-0.15, -0.1) is 0 Å². The molecule has 1 aliphatic rings. The lowest BCUT2D eigenvalue weighted by Gasteiger charge is -2.32. The van der Waals surface area contributed by atoms with Crippen molar-refractivity contribution in [3.63, 3.8) is 0 Å². The number of piperazine rings is 1. The summed E-state index contributed by atoms with van der Waals surface area (Å²) in [6, 6.07) is 7.70. The van der Waals surface area contributed by atoms with E-state index in [4.69, 9.17) is 0 Å². The van der Waals surface area contributed by atoms with Crippen molar-refractivity contribution in [1.29, 1.82) is 0 Å². The van der Waals surface area contributed by atoms with Gasteiger partial charge in [0.1, 0.15) is 28.7 Å². The fourth-order valence-corrected chi connectivity index (χ4v) is 2.65. The lowest BCUT2D eigenvalue weighted by Crippen LogP contribution is -2.47. The number of anilines is 1. The first-order valence-corrected chi connectivity index (χ1v) is 8.16. The third kappa shape index (κ3) is 3.85. The van der Waals surface area contributed by atoms with E-state index < -0.39 is 23.2 Å². The normalized spacial score (nSPS) is 15.0. The Kier molecular flexibility index (Phi) is 5.22. The SMILES string of the molecule is CN1CCN(C(=O)c2cccc(C(=O)Nc3c(F)cccc3F)n2)CC1. The van der Waals surface area contributed by atoms with Gasteiger partial charge >= 0.3 is 0 Å². The van der Waals surface area contributed by atoms with Gasteiger partial charge in [0.15, 0.2) is 0 Å². The number of nitrogens with zero attached hydrogens (tertiary/aromatic N) is 3. The summed E-state index contributed by atoms with van der Waals surface area (Å²) in [5.41, 5.74) is -0.515. The minimum Gasteiger partial charge on any atom is -0.335 e. The monoisotopic (exact) mass is 360 g/mol. The van der Waals surface area contributed by atoms with E-state index in [2.05, 4.69) is 15.2 Å². The van der Waals surface area contributed by atoms with E-state index in [1.165, 1.54) is 24.3 Å². The number of carbonyl (C=O) groups is 2. The number of hydrogen-bond donors (Lipinski definition) is 1. The molecule has 0 aliphatic carbocycles. The van der Waals surface area contributed by atoms with Crippen molar-refractivity contribution >= 4 is 17.5 Å². The maximum atomic E-state index is 13.7. The minimum atomic E-state index is -0.886. The second kappa shape index (κ2) is 7.57. The van der Waals surface area contributed by atoms with Crippen LogP contribution in [0.2, 0.25) is 0 Å². The zero-order valence-corrected chi connectivity index (χ0v) is 14.2. The average Bonchev–Trinajstić information content (AvgIpc) is 2.65. The van der Waals surface area contributed by atoms with Gasteiger partial charge in [-0.2, -0.15) is 0 Å². The molecule has 1 aliphatic heterocycles. The minimum absolute atomic E-state index is 0.0902. The van der Waals surface area contributed by atoms with Gasteiger partial charge in [0.05, 0.1) is 0 Å². The highest BCUT2D eigenvalue weighted by Gasteiger charge is 2.22. The van der Waals surface area contributed by atoms with Crippen molar-refractivity contribution in [2.24, 2.45) is 0 Å². The van der Waals surface area contributed by atoms with Crippen LogP contribution in [0.1, 0.15) is 21.0 Å². The number of benzene rings is 1. The van der Waals surface area contributed by atoms with Crippen LogP contribution >= 0.6 is 0 Å². The predicted molar refractivity (Wildman–Crippen MR) is 91.9 cm³/mol. The molecule has 2 aromatic rings. The van der Waals surface area contributed by atoms with Crippen LogP contribution in [0, 0.1) is 11.6 Å². The molecule has 1 fully saturated rings. The van der Waals surface area contributed by atoms with Gasteiger partial charge in [0.2, 0.25) is 0 Å². The number of carbonyl (C=O) groups excluding carboxylic acids is 2. The Balaban J connectivity index is 1.76. The standard InChI is InChI=1S/C18H18F2N4O2/c1-23-8-10-24(11-9-23)18(26)15-7-3-6-14(21-15)17(25)22-16-12(19)4-2-5-13(16)20/h2-7H,8-11H2,1H3,(H,22,25). The van der Waals surface area contributed by atoms with Crippen LogP contribution in [-0.2, 0) is 0 Å². The molecule has 2 heterocycles. The Morgan fingerprint density at radius 1 is 0.962 bits per heavy atom. The summed E-state index contributed by atoms with van der Waals surface area (Å²) >= 11 is 0. The molecule has 8 heteroatoms. The van der Waals surface area contributed by atoms with E-state index in [0.29, 0.717) is 13.1 Å². The lowest BCUT2D eigenvalue weighted by atomic mass is 10.2. The number of nitrogens with one attached hydrogen (secondary N) is 1. The number of para-hydroxylation sites is 1. The Morgan fingerprint density at radius 2 is 1.54 bits per heavy atom. The van der Waals surface area contributed by atoms with E-state index in [9.17, 15) is 18.4 Å². The summed E-state index contributed by atoms with van der Waals surface area (Å²) in [6.45, 7) is 2.68. The quantitative estimate of drug-likeness (QED) is 0.909. The van der Waals surface area contributed by atoms with Crippen LogP contribution in [0.3, 0.4) is 0 Å². The largest absolute Gasteiger partial charge is 0.335 e. The summed E-state index contributed by atoms with van der Waals surface area (Å²) in [7, 11) is 1.98. The van der Waals surface area contributed by atoms with Gasteiger partial charge in [-0.1, -0.05) is 12.1 Å². The molecule has 1 N–H and O–H groups in total. The number of pyridine rings is 1. The van der Waals surface area contributed by atoms with Gasteiger partial charge < -0.3 is 15.1 Å². The highest BCUT2D eigenvalue weighted by Crippen LogP contribution is 2.19. The van der Waals surface area contributed by atoms with Gasteiger partial charge in [0, 0.05) is 26.2 Å². The zero-order valence-electron chi connectivity index (χ0n) is 14.2. The third-order valence-corrected chi connectivity index (χ3v) is 4.19. The van der Waals surface area contributed by atoms with Crippen molar-refractivity contribution in [2.45, 2.75) is 0 Å². The molecular weight excluding hydrogens is 342 g/mol. The van der Waals surface area contributed by atoms with Crippen LogP contribution in [0.4, 0.5) is 14.5 Å². The van der Waals surface area contributed by atoms with E-state index in [1.807, 2.05) is 7.05 Å². The second-order valence-corrected chi connectivity index (χ2v) is 6.05. The molecule has 0 radical (unpaired) electrons. The zero-order chi connectivity index (χ0) is 18.7. The molecule has 0 unspecified atom stereocenters. The molecular formula is C18H18F2N4O2. The molecule has 2 amide bonds. The fourth-order valence-electron chi connectivity index (χ4n) is 2.65. The first kappa shape index (κ1) is 17.9. The van der Waals surface area contributed by atoms with Gasteiger partial charge in [-0.05, 0) is 31.3 Å². The molecule has 26 heavy (non-hydrogen) atoms. The van der Waals surface area contributed by atoms with E-state index in [1.54, 1.807) is 4.90 Å². The molecule has 1 aromatic heterocycles. The highest BCUT2D eigenvalue weighted by molar-refractivity contribution is 6.04. The van der Waals surface area contributed by atoms with Gasteiger partial charge in [-0.3, -0.25) is 9.59 Å². The molecule has 136 valence electrons. The first-order valence-electron chi connectivity index (χ1n) is 8.16. The van der Waals surface area contributed by atoms with Crippen molar-refractivity contribution in [3.05, 3.63) is 59.4 Å². The predicted octanol–water partition coefficient (Wildman–Crippen LogP) is 2.00. The lowest BCUT2D eigenvalue weighted by molar-refractivity contribution is 0.0658. The van der Waals surface area contributed by atoms with E-state index in [-0.39, 0.29) is 17.3 Å². The van der Waals surface area contributed by atoms with Crippen molar-refractivity contribution in [1.82, 2.24) is 14.8 Å². The van der Waals surface area contributed by atoms with Crippen LogP contribution in [0.15, 0.2) is 36.4 Å². The smallest absolute Gasteiger partial charge is 0.274 e. The number of rotatable bonds is 3. The summed E-state index contributed by atoms with van der Waals surface area (Å²) < 4.78 is 27.3. The van der Waals surface area contributed by atoms with Crippen LogP contribution < -0.4 is 5.32 Å². The molecule has 3 rings (SSSR count). The van der Waals surface area contributed by atoms with Gasteiger partial charge in [-0.25, -0.2) is 13.8 Å². The Labute approximate surface area is 149 Å². The highest BCUT2D eigenvalue weighted by atomic mass is 19.1. The third-order valence-electron chi connectivity index (χ3n) is 4.19.